The van der Waals surface area contributed by atoms with Gasteiger partial charge in [-0.3, -0.25) is 19.3 Å². The SMILES string of the molecule is COCCN1C(=O)CC(CC(=O)N2CC3(C)CC2CC(C)(C)C3)(c2cccc(OC)c2)C1=O. The van der Waals surface area contributed by atoms with Crippen LogP contribution in [0.4, 0.5) is 0 Å². The lowest BCUT2D eigenvalue weighted by molar-refractivity contribution is -0.143. The van der Waals surface area contributed by atoms with Gasteiger partial charge in [0.25, 0.3) is 0 Å². The van der Waals surface area contributed by atoms with Crippen LogP contribution in [0.5, 0.6) is 5.75 Å². The van der Waals surface area contributed by atoms with Gasteiger partial charge >= 0.3 is 0 Å². The maximum absolute atomic E-state index is 13.8. The van der Waals surface area contributed by atoms with Gasteiger partial charge in [0.05, 0.1) is 25.7 Å². The molecule has 0 N–H and O–H groups in total. The number of carbonyl (C=O) groups is 3. The van der Waals surface area contributed by atoms with E-state index in [2.05, 4.69) is 20.8 Å². The molecule has 180 valence electrons. The monoisotopic (exact) mass is 456 g/mol. The summed E-state index contributed by atoms with van der Waals surface area (Å²) in [5, 5.41) is 0. The van der Waals surface area contributed by atoms with Gasteiger partial charge in [0.2, 0.25) is 17.7 Å². The molecule has 0 spiro atoms. The number of hydrogen-bond acceptors (Lipinski definition) is 5. The van der Waals surface area contributed by atoms with Gasteiger partial charge < -0.3 is 14.4 Å². The number of hydrogen-bond donors (Lipinski definition) is 0. The molecule has 2 heterocycles. The Morgan fingerprint density at radius 3 is 2.61 bits per heavy atom. The molecule has 3 atom stereocenters. The van der Waals surface area contributed by atoms with Crippen LogP contribution in [0.25, 0.3) is 0 Å². The third-order valence-electron chi connectivity index (χ3n) is 7.74. The first-order chi connectivity index (χ1) is 15.5. The number of carbonyl (C=O) groups excluding carboxylic acids is 3. The smallest absolute Gasteiger partial charge is 0.240 e. The molecule has 7 heteroatoms. The highest BCUT2D eigenvalue weighted by atomic mass is 16.5. The fourth-order valence-corrected chi connectivity index (χ4v) is 6.71. The summed E-state index contributed by atoms with van der Waals surface area (Å²) < 4.78 is 10.5. The van der Waals surface area contributed by atoms with E-state index in [0.29, 0.717) is 17.9 Å². The van der Waals surface area contributed by atoms with Crippen LogP contribution in [0.3, 0.4) is 0 Å². The molecular formula is C26H36N2O5. The predicted octanol–water partition coefficient (Wildman–Crippen LogP) is 3.16. The Labute approximate surface area is 196 Å². The summed E-state index contributed by atoms with van der Waals surface area (Å²) in [5.41, 5.74) is -0.274. The topological polar surface area (TPSA) is 76.2 Å². The van der Waals surface area contributed by atoms with Crippen molar-refractivity contribution in [1.82, 2.24) is 9.80 Å². The largest absolute Gasteiger partial charge is 0.497 e. The Kier molecular flexibility index (Phi) is 6.06. The molecule has 4 rings (SSSR count). The number of likely N-dealkylation sites (tertiary alicyclic amines) is 2. The maximum atomic E-state index is 13.8. The highest BCUT2D eigenvalue weighted by Gasteiger charge is 2.56. The molecule has 3 amide bonds. The Morgan fingerprint density at radius 1 is 1.15 bits per heavy atom. The van der Waals surface area contributed by atoms with Crippen molar-refractivity contribution in [3.63, 3.8) is 0 Å². The average Bonchev–Trinajstić information content (AvgIpc) is 3.15. The first kappa shape index (κ1) is 23.7. The molecule has 2 bridgehead atoms. The molecule has 0 aromatic heterocycles. The highest BCUT2D eigenvalue weighted by molar-refractivity contribution is 6.10. The lowest BCUT2D eigenvalue weighted by Crippen LogP contribution is -2.45. The lowest BCUT2D eigenvalue weighted by Gasteiger charge is -2.39. The van der Waals surface area contributed by atoms with E-state index in [1.807, 2.05) is 17.0 Å². The maximum Gasteiger partial charge on any atom is 0.240 e. The van der Waals surface area contributed by atoms with E-state index < -0.39 is 5.41 Å². The Balaban J connectivity index is 1.67. The summed E-state index contributed by atoms with van der Waals surface area (Å²) >= 11 is 0. The van der Waals surface area contributed by atoms with Crippen molar-refractivity contribution in [2.24, 2.45) is 10.8 Å². The van der Waals surface area contributed by atoms with Gasteiger partial charge in [-0.15, -0.1) is 0 Å². The second-order valence-electron chi connectivity index (χ2n) is 11.2. The van der Waals surface area contributed by atoms with E-state index in [1.165, 1.54) is 12.0 Å². The van der Waals surface area contributed by atoms with E-state index in [1.54, 1.807) is 19.2 Å². The molecule has 3 fully saturated rings. The Morgan fingerprint density at radius 2 is 1.91 bits per heavy atom. The Bertz CT molecular complexity index is 960. The minimum atomic E-state index is -1.22. The van der Waals surface area contributed by atoms with E-state index in [0.717, 1.165) is 19.3 Å². The van der Waals surface area contributed by atoms with Crippen molar-refractivity contribution in [2.75, 3.05) is 33.9 Å². The number of benzene rings is 1. The van der Waals surface area contributed by atoms with Crippen molar-refractivity contribution in [3.8, 4) is 5.75 Å². The van der Waals surface area contributed by atoms with Crippen LogP contribution < -0.4 is 4.74 Å². The summed E-state index contributed by atoms with van der Waals surface area (Å²) in [6.07, 6.45) is 3.02. The third kappa shape index (κ3) is 4.27. The van der Waals surface area contributed by atoms with Crippen LogP contribution in [0.15, 0.2) is 24.3 Å². The lowest BCUT2D eigenvalue weighted by atomic mass is 9.65. The van der Waals surface area contributed by atoms with Crippen molar-refractivity contribution in [1.29, 1.82) is 0 Å². The van der Waals surface area contributed by atoms with Gasteiger partial charge in [-0.1, -0.05) is 32.9 Å². The summed E-state index contributed by atoms with van der Waals surface area (Å²) in [6, 6.07) is 7.40. The van der Waals surface area contributed by atoms with E-state index in [9.17, 15) is 14.4 Å². The number of nitrogens with zero attached hydrogens (tertiary/aromatic N) is 2. The quantitative estimate of drug-likeness (QED) is 0.589. The zero-order valence-electron chi connectivity index (χ0n) is 20.5. The number of fused-ring (bicyclic) bond motifs is 2. The molecule has 1 saturated carbocycles. The molecular weight excluding hydrogens is 420 g/mol. The van der Waals surface area contributed by atoms with Crippen LogP contribution in [-0.4, -0.2) is 67.5 Å². The number of methoxy groups -OCH3 is 2. The van der Waals surface area contributed by atoms with Gasteiger partial charge in [0.15, 0.2) is 0 Å². The van der Waals surface area contributed by atoms with Gasteiger partial charge in [-0.2, -0.15) is 0 Å². The van der Waals surface area contributed by atoms with Crippen molar-refractivity contribution < 1.29 is 23.9 Å². The molecule has 1 aromatic rings. The molecule has 2 saturated heterocycles. The first-order valence-electron chi connectivity index (χ1n) is 11.8. The summed E-state index contributed by atoms with van der Waals surface area (Å²) in [5.74, 6) is -0.0269. The van der Waals surface area contributed by atoms with E-state index in [4.69, 9.17) is 9.47 Å². The summed E-state index contributed by atoms with van der Waals surface area (Å²) in [6.45, 7) is 7.98. The third-order valence-corrected chi connectivity index (χ3v) is 7.74. The van der Waals surface area contributed by atoms with Gasteiger partial charge in [-0.05, 0) is 47.8 Å². The first-order valence-corrected chi connectivity index (χ1v) is 11.8. The molecule has 3 aliphatic rings. The zero-order valence-corrected chi connectivity index (χ0v) is 20.5. The van der Waals surface area contributed by atoms with Gasteiger partial charge in [0.1, 0.15) is 5.75 Å². The van der Waals surface area contributed by atoms with Crippen molar-refractivity contribution >= 4 is 17.7 Å². The zero-order chi connectivity index (χ0) is 24.0. The van der Waals surface area contributed by atoms with Crippen LogP contribution >= 0.6 is 0 Å². The van der Waals surface area contributed by atoms with Crippen molar-refractivity contribution in [2.45, 2.75) is 64.3 Å². The molecule has 1 aliphatic carbocycles. The van der Waals surface area contributed by atoms with Gasteiger partial charge in [-0.25, -0.2) is 0 Å². The highest BCUT2D eigenvalue weighted by Crippen LogP contribution is 2.53. The van der Waals surface area contributed by atoms with Crippen LogP contribution in [0.2, 0.25) is 0 Å². The number of ether oxygens (including phenoxy) is 2. The predicted molar refractivity (Wildman–Crippen MR) is 124 cm³/mol. The molecule has 1 aromatic carbocycles. The summed E-state index contributed by atoms with van der Waals surface area (Å²) in [7, 11) is 3.10. The average molecular weight is 457 g/mol. The van der Waals surface area contributed by atoms with E-state index >= 15 is 0 Å². The Hall–Kier alpha value is -2.41. The molecule has 7 nitrogen and oxygen atoms in total. The second-order valence-corrected chi connectivity index (χ2v) is 11.2. The normalized spacial score (nSPS) is 30.8. The molecule has 33 heavy (non-hydrogen) atoms. The second kappa shape index (κ2) is 8.42. The van der Waals surface area contributed by atoms with E-state index in [-0.39, 0.29) is 60.6 Å². The molecule has 2 aliphatic heterocycles. The number of imide groups is 1. The minimum Gasteiger partial charge on any atom is -0.497 e. The fraction of sp³-hybridized carbons (Fsp3) is 0.654. The summed E-state index contributed by atoms with van der Waals surface area (Å²) in [4.78, 5) is 43.7. The number of rotatable bonds is 7. The van der Waals surface area contributed by atoms with Crippen molar-refractivity contribution in [3.05, 3.63) is 29.8 Å². The van der Waals surface area contributed by atoms with Crippen LogP contribution in [-0.2, 0) is 24.5 Å². The fourth-order valence-electron chi connectivity index (χ4n) is 6.71. The number of amides is 3. The molecule has 3 unspecified atom stereocenters. The van der Waals surface area contributed by atoms with Crippen LogP contribution in [0.1, 0.15) is 58.4 Å². The standard InChI is InChI=1S/C26H36N2O5/c1-24(2)12-19-13-25(3,16-24)17-28(19)22(30)15-26(18-7-6-8-20(11-18)33-5)14-21(29)27(23(26)31)9-10-32-4/h6-8,11,19H,9-10,12-17H2,1-5H3. The molecule has 0 radical (unpaired) electrons. The van der Waals surface area contributed by atoms with Gasteiger partial charge in [0, 0.05) is 32.5 Å². The minimum absolute atomic E-state index is 0.0127. The van der Waals surface area contributed by atoms with Crippen LogP contribution in [0, 0.1) is 10.8 Å².